The van der Waals surface area contributed by atoms with Gasteiger partial charge < -0.3 is 0 Å². The third kappa shape index (κ3) is 6.35. The Morgan fingerprint density at radius 3 is 2.06 bits per heavy atom. The summed E-state index contributed by atoms with van der Waals surface area (Å²) in [5.41, 5.74) is 0. The molecule has 6 nitrogen and oxygen atoms in total. The van der Waals surface area contributed by atoms with Gasteiger partial charge in [-0.2, -0.15) is 4.31 Å². The van der Waals surface area contributed by atoms with Crippen LogP contribution in [0.4, 0.5) is 0 Å². The largest absolute Gasteiger partial charge is 0.214 e. The standard InChI is InChI=1S/C9H22N2O4S2/c1-5-9(3)11(16(4,12)13)8-7-10-17(14,15)6-2/h9-10H,5-8H2,1-4H3. The van der Waals surface area contributed by atoms with Gasteiger partial charge in [0.1, 0.15) is 0 Å². The molecule has 0 saturated heterocycles. The van der Waals surface area contributed by atoms with Crippen molar-refractivity contribution < 1.29 is 16.8 Å². The Balaban J connectivity index is 4.50. The highest BCUT2D eigenvalue weighted by molar-refractivity contribution is 7.89. The third-order valence-corrected chi connectivity index (χ3v) is 5.34. The fourth-order valence-corrected chi connectivity index (χ4v) is 3.16. The number of hydrogen-bond donors (Lipinski definition) is 1. The third-order valence-electron chi connectivity index (χ3n) is 2.54. The predicted molar refractivity (Wildman–Crippen MR) is 68.8 cm³/mol. The van der Waals surface area contributed by atoms with Crippen molar-refractivity contribution in [3.63, 3.8) is 0 Å². The van der Waals surface area contributed by atoms with Crippen molar-refractivity contribution in [3.05, 3.63) is 0 Å². The predicted octanol–water partition coefficient (Wildman–Crippen LogP) is -0.0142. The van der Waals surface area contributed by atoms with Gasteiger partial charge in [0.25, 0.3) is 0 Å². The average molecular weight is 286 g/mol. The minimum Gasteiger partial charge on any atom is -0.214 e. The maximum Gasteiger partial charge on any atom is 0.211 e. The molecule has 1 unspecified atom stereocenters. The monoisotopic (exact) mass is 286 g/mol. The van der Waals surface area contributed by atoms with Crippen molar-refractivity contribution in [1.82, 2.24) is 9.03 Å². The van der Waals surface area contributed by atoms with Crippen LogP contribution in [0.5, 0.6) is 0 Å². The van der Waals surface area contributed by atoms with Gasteiger partial charge in [-0.15, -0.1) is 0 Å². The van der Waals surface area contributed by atoms with Gasteiger partial charge in [0, 0.05) is 19.1 Å². The Morgan fingerprint density at radius 2 is 1.71 bits per heavy atom. The zero-order valence-corrected chi connectivity index (χ0v) is 12.4. The summed E-state index contributed by atoms with van der Waals surface area (Å²) in [6.45, 7) is 5.49. The molecule has 0 radical (unpaired) electrons. The van der Waals surface area contributed by atoms with Gasteiger partial charge in [-0.3, -0.25) is 0 Å². The molecule has 0 aliphatic carbocycles. The van der Waals surface area contributed by atoms with Gasteiger partial charge in [0.15, 0.2) is 0 Å². The summed E-state index contributed by atoms with van der Waals surface area (Å²) in [7, 11) is -6.57. The van der Waals surface area contributed by atoms with Crippen molar-refractivity contribution in [2.75, 3.05) is 25.1 Å². The molecule has 0 aromatic rings. The summed E-state index contributed by atoms with van der Waals surface area (Å²) in [5.74, 6) is -0.00476. The van der Waals surface area contributed by atoms with E-state index in [2.05, 4.69) is 4.72 Å². The van der Waals surface area contributed by atoms with Crippen molar-refractivity contribution in [3.8, 4) is 0 Å². The highest BCUT2D eigenvalue weighted by Gasteiger charge is 2.21. The smallest absolute Gasteiger partial charge is 0.211 e. The normalized spacial score (nSPS) is 15.1. The summed E-state index contributed by atoms with van der Waals surface area (Å²) in [5, 5.41) is 0. The van der Waals surface area contributed by atoms with Crippen molar-refractivity contribution >= 4 is 20.0 Å². The number of nitrogens with zero attached hydrogens (tertiary/aromatic N) is 1. The zero-order valence-electron chi connectivity index (χ0n) is 10.8. The van der Waals surface area contributed by atoms with Crippen molar-refractivity contribution in [2.24, 2.45) is 0 Å². The van der Waals surface area contributed by atoms with Crippen LogP contribution in [-0.4, -0.2) is 52.3 Å². The molecule has 1 N–H and O–H groups in total. The Morgan fingerprint density at radius 1 is 1.18 bits per heavy atom. The van der Waals surface area contributed by atoms with Gasteiger partial charge in [0.2, 0.25) is 20.0 Å². The Kier molecular flexibility index (Phi) is 6.60. The first-order valence-corrected chi connectivity index (χ1v) is 9.08. The molecule has 0 aliphatic rings. The van der Waals surface area contributed by atoms with Gasteiger partial charge in [0.05, 0.1) is 12.0 Å². The number of nitrogens with one attached hydrogen (secondary N) is 1. The second-order valence-electron chi connectivity index (χ2n) is 3.93. The van der Waals surface area contributed by atoms with Crippen LogP contribution in [0.3, 0.4) is 0 Å². The molecule has 0 aromatic carbocycles. The van der Waals surface area contributed by atoms with E-state index in [-0.39, 0.29) is 24.9 Å². The van der Waals surface area contributed by atoms with E-state index >= 15 is 0 Å². The van der Waals surface area contributed by atoms with Crippen LogP contribution in [-0.2, 0) is 20.0 Å². The Bertz CT molecular complexity index is 416. The minimum absolute atomic E-state index is 0.00476. The van der Waals surface area contributed by atoms with E-state index in [9.17, 15) is 16.8 Å². The molecule has 17 heavy (non-hydrogen) atoms. The minimum atomic E-state index is -3.30. The highest BCUT2D eigenvalue weighted by atomic mass is 32.2. The molecule has 0 aromatic heterocycles. The second kappa shape index (κ2) is 6.67. The van der Waals surface area contributed by atoms with Crippen molar-refractivity contribution in [2.45, 2.75) is 33.2 Å². The van der Waals surface area contributed by atoms with Crippen LogP contribution < -0.4 is 4.72 Å². The van der Waals surface area contributed by atoms with E-state index in [1.807, 2.05) is 6.92 Å². The summed E-state index contributed by atoms with van der Waals surface area (Å²) in [6, 6.07) is -0.129. The van der Waals surface area contributed by atoms with Crippen molar-refractivity contribution in [1.29, 1.82) is 0 Å². The number of rotatable bonds is 8. The molecule has 0 heterocycles. The maximum atomic E-state index is 11.5. The van der Waals surface area contributed by atoms with Crippen LogP contribution in [0.2, 0.25) is 0 Å². The maximum absolute atomic E-state index is 11.5. The summed E-state index contributed by atoms with van der Waals surface area (Å²) >= 11 is 0. The van der Waals surface area contributed by atoms with E-state index < -0.39 is 20.0 Å². The first-order chi connectivity index (χ1) is 7.64. The summed E-state index contributed by atoms with van der Waals surface area (Å²) < 4.78 is 49.1. The van der Waals surface area contributed by atoms with Crippen LogP contribution in [0.15, 0.2) is 0 Å². The van der Waals surface area contributed by atoms with Gasteiger partial charge in [-0.1, -0.05) is 6.92 Å². The van der Waals surface area contributed by atoms with Gasteiger partial charge >= 0.3 is 0 Å². The first-order valence-electron chi connectivity index (χ1n) is 5.58. The molecular formula is C9H22N2O4S2. The summed E-state index contributed by atoms with van der Waals surface area (Å²) in [4.78, 5) is 0. The Labute approximate surface area is 104 Å². The molecule has 0 spiro atoms. The van der Waals surface area contributed by atoms with Crippen LogP contribution in [0, 0.1) is 0 Å². The van der Waals surface area contributed by atoms with E-state index in [0.717, 1.165) is 6.26 Å². The lowest BCUT2D eigenvalue weighted by Gasteiger charge is -2.25. The van der Waals surface area contributed by atoms with Crippen LogP contribution >= 0.6 is 0 Å². The molecule has 0 saturated carbocycles. The quantitative estimate of drug-likeness (QED) is 0.680. The lowest BCUT2D eigenvalue weighted by molar-refractivity contribution is 0.335. The van der Waals surface area contributed by atoms with Crippen LogP contribution in [0.1, 0.15) is 27.2 Å². The van der Waals surface area contributed by atoms with E-state index in [1.165, 1.54) is 11.2 Å². The lowest BCUT2D eigenvalue weighted by Crippen LogP contribution is -2.42. The van der Waals surface area contributed by atoms with E-state index in [1.54, 1.807) is 6.92 Å². The van der Waals surface area contributed by atoms with Gasteiger partial charge in [-0.05, 0) is 20.3 Å². The lowest BCUT2D eigenvalue weighted by atomic mass is 10.2. The number of sulfonamides is 2. The molecule has 0 aliphatic heterocycles. The van der Waals surface area contributed by atoms with Gasteiger partial charge in [-0.25, -0.2) is 21.6 Å². The SMILES string of the molecule is CCC(C)N(CCNS(=O)(=O)CC)S(C)(=O)=O. The van der Waals surface area contributed by atoms with Crippen LogP contribution in [0.25, 0.3) is 0 Å². The molecule has 104 valence electrons. The molecule has 0 amide bonds. The molecule has 8 heteroatoms. The molecule has 1 atom stereocenters. The average Bonchev–Trinajstić information content (AvgIpc) is 2.21. The zero-order chi connectivity index (χ0) is 13.7. The summed E-state index contributed by atoms with van der Waals surface area (Å²) in [6.07, 6.45) is 1.82. The number of hydrogen-bond acceptors (Lipinski definition) is 4. The first kappa shape index (κ1) is 16.8. The molecular weight excluding hydrogens is 264 g/mol. The highest BCUT2D eigenvalue weighted by Crippen LogP contribution is 2.07. The molecule has 0 bridgehead atoms. The topological polar surface area (TPSA) is 83.6 Å². The fourth-order valence-electron chi connectivity index (χ4n) is 1.33. The molecule has 0 rings (SSSR count). The van der Waals surface area contributed by atoms with E-state index in [0.29, 0.717) is 6.42 Å². The molecule has 0 fully saturated rings. The fraction of sp³-hybridized carbons (Fsp3) is 1.00. The second-order valence-corrected chi connectivity index (χ2v) is 7.96. The Hall–Kier alpha value is -0.180. The van der Waals surface area contributed by atoms with E-state index in [4.69, 9.17) is 0 Å².